The molecule has 0 aromatic heterocycles. The molecule has 0 radical (unpaired) electrons. The lowest BCUT2D eigenvalue weighted by Gasteiger charge is -2.33. The van der Waals surface area contributed by atoms with Gasteiger partial charge in [0.2, 0.25) is 5.91 Å². The van der Waals surface area contributed by atoms with Crippen molar-refractivity contribution in [2.24, 2.45) is 5.92 Å². The highest BCUT2D eigenvalue weighted by molar-refractivity contribution is 5.85. The van der Waals surface area contributed by atoms with Crippen molar-refractivity contribution in [3.8, 4) is 0 Å². The van der Waals surface area contributed by atoms with Gasteiger partial charge in [0.15, 0.2) is 0 Å². The number of piperazine rings is 1. The van der Waals surface area contributed by atoms with E-state index in [0.29, 0.717) is 12.3 Å². The number of hydrogen-bond donors (Lipinski definition) is 1. The Morgan fingerprint density at radius 2 is 1.91 bits per heavy atom. The average Bonchev–Trinajstić information content (AvgIpc) is 2.46. The van der Waals surface area contributed by atoms with Crippen LogP contribution in [0.2, 0.25) is 0 Å². The lowest BCUT2D eigenvalue weighted by atomic mass is 9.98. The summed E-state index contributed by atoms with van der Waals surface area (Å²) in [5.74, 6) is 1.09. The van der Waals surface area contributed by atoms with E-state index < -0.39 is 0 Å². The van der Waals surface area contributed by atoms with Crippen LogP contribution in [-0.2, 0) is 4.79 Å². The summed E-state index contributed by atoms with van der Waals surface area (Å²) in [5.41, 5.74) is 0. The van der Waals surface area contributed by atoms with Crippen molar-refractivity contribution in [3.63, 3.8) is 0 Å². The largest absolute Gasteiger partial charge is 0.340 e. The average molecular weight is 355 g/mol. The third kappa shape index (κ3) is 7.47. The Kier molecular flexibility index (Phi) is 11.4. The summed E-state index contributed by atoms with van der Waals surface area (Å²) in [4.78, 5) is 18.9. The highest BCUT2D eigenvalue weighted by atomic mass is 35.5. The predicted molar refractivity (Wildman–Crippen MR) is 96.3 cm³/mol. The molecule has 7 heteroatoms. The molecule has 132 valence electrons. The van der Waals surface area contributed by atoms with Crippen LogP contribution < -0.4 is 5.32 Å². The van der Waals surface area contributed by atoms with Crippen molar-refractivity contribution in [1.29, 1.82) is 0 Å². The number of piperidine rings is 1. The molecule has 2 aliphatic rings. The summed E-state index contributed by atoms with van der Waals surface area (Å²) in [6, 6.07) is 0. The number of nitrogens with zero attached hydrogens (tertiary/aromatic N) is 3. The predicted octanol–water partition coefficient (Wildman–Crippen LogP) is 0.925. The standard InChI is InChI=1S/C15H30N4O.2ClH/c1-17-8-3-4-14(12-17)13-18(2)9-5-15(20)19-10-6-16-7-11-19;;/h14,16H,3-13H2,1-2H3;2*1H. The van der Waals surface area contributed by atoms with Crippen molar-refractivity contribution in [2.45, 2.75) is 19.3 Å². The number of nitrogens with one attached hydrogen (secondary N) is 1. The van der Waals surface area contributed by atoms with Crippen molar-refractivity contribution in [3.05, 3.63) is 0 Å². The number of amides is 1. The summed E-state index contributed by atoms with van der Waals surface area (Å²) in [6.45, 7) is 8.08. The van der Waals surface area contributed by atoms with Gasteiger partial charge in [-0.3, -0.25) is 4.79 Å². The number of likely N-dealkylation sites (tertiary alicyclic amines) is 1. The van der Waals surface area contributed by atoms with Crippen LogP contribution in [-0.4, -0.2) is 87.1 Å². The van der Waals surface area contributed by atoms with E-state index >= 15 is 0 Å². The first-order valence-corrected chi connectivity index (χ1v) is 8.00. The van der Waals surface area contributed by atoms with Gasteiger partial charge in [0, 0.05) is 52.2 Å². The first kappa shape index (κ1) is 21.9. The maximum Gasteiger partial charge on any atom is 0.223 e. The van der Waals surface area contributed by atoms with Crippen LogP contribution in [0.25, 0.3) is 0 Å². The Bertz CT molecular complexity index is 314. The molecular formula is C15H32Cl2N4O. The first-order valence-electron chi connectivity index (χ1n) is 8.00. The normalized spacial score (nSPS) is 22.9. The lowest BCUT2D eigenvalue weighted by Crippen LogP contribution is -2.47. The monoisotopic (exact) mass is 354 g/mol. The van der Waals surface area contributed by atoms with Crippen LogP contribution >= 0.6 is 24.8 Å². The van der Waals surface area contributed by atoms with E-state index in [-0.39, 0.29) is 24.8 Å². The Balaban J connectivity index is 0.00000220. The zero-order valence-electron chi connectivity index (χ0n) is 13.9. The fourth-order valence-electron chi connectivity index (χ4n) is 3.31. The van der Waals surface area contributed by atoms with Gasteiger partial charge in [-0.05, 0) is 39.4 Å². The summed E-state index contributed by atoms with van der Waals surface area (Å²) < 4.78 is 0. The van der Waals surface area contributed by atoms with Gasteiger partial charge in [-0.25, -0.2) is 0 Å². The minimum Gasteiger partial charge on any atom is -0.340 e. The SMILES string of the molecule is CN1CCCC(CN(C)CCC(=O)N2CCNCC2)C1.Cl.Cl. The van der Waals surface area contributed by atoms with Crippen LogP contribution in [0.4, 0.5) is 0 Å². The molecule has 0 aliphatic carbocycles. The van der Waals surface area contributed by atoms with E-state index in [1.54, 1.807) is 0 Å². The molecule has 0 aromatic rings. The van der Waals surface area contributed by atoms with Gasteiger partial charge in [-0.15, -0.1) is 24.8 Å². The van der Waals surface area contributed by atoms with E-state index in [0.717, 1.165) is 45.2 Å². The van der Waals surface area contributed by atoms with Crippen molar-refractivity contribution < 1.29 is 4.79 Å². The Morgan fingerprint density at radius 1 is 1.23 bits per heavy atom. The molecule has 2 heterocycles. The molecule has 2 aliphatic heterocycles. The molecule has 1 N–H and O–H groups in total. The highest BCUT2D eigenvalue weighted by Gasteiger charge is 2.20. The molecule has 2 rings (SSSR count). The van der Waals surface area contributed by atoms with E-state index in [1.165, 1.54) is 25.9 Å². The third-order valence-electron chi connectivity index (χ3n) is 4.47. The van der Waals surface area contributed by atoms with Gasteiger partial charge >= 0.3 is 0 Å². The molecule has 1 unspecified atom stereocenters. The highest BCUT2D eigenvalue weighted by Crippen LogP contribution is 2.15. The second-order valence-electron chi connectivity index (χ2n) is 6.41. The van der Waals surface area contributed by atoms with Gasteiger partial charge in [0.25, 0.3) is 0 Å². The second-order valence-corrected chi connectivity index (χ2v) is 6.41. The smallest absolute Gasteiger partial charge is 0.223 e. The van der Waals surface area contributed by atoms with Crippen molar-refractivity contribution >= 4 is 30.7 Å². The Hall–Kier alpha value is -0.0700. The van der Waals surface area contributed by atoms with E-state index in [4.69, 9.17) is 0 Å². The van der Waals surface area contributed by atoms with Crippen LogP contribution in [0.5, 0.6) is 0 Å². The molecule has 1 amide bonds. The van der Waals surface area contributed by atoms with Crippen LogP contribution in [0.1, 0.15) is 19.3 Å². The minimum atomic E-state index is 0. The van der Waals surface area contributed by atoms with E-state index in [1.807, 2.05) is 4.90 Å². The van der Waals surface area contributed by atoms with Gasteiger partial charge in [-0.1, -0.05) is 0 Å². The number of halogens is 2. The number of carbonyl (C=O) groups excluding carboxylic acids is 1. The second kappa shape index (κ2) is 11.5. The molecular weight excluding hydrogens is 323 g/mol. The fraction of sp³-hybridized carbons (Fsp3) is 0.933. The third-order valence-corrected chi connectivity index (χ3v) is 4.47. The molecule has 0 spiro atoms. The Morgan fingerprint density at radius 3 is 2.55 bits per heavy atom. The quantitative estimate of drug-likeness (QED) is 0.796. The maximum absolute atomic E-state index is 12.1. The first-order chi connectivity index (χ1) is 9.65. The molecule has 1 atom stereocenters. The van der Waals surface area contributed by atoms with E-state index in [9.17, 15) is 4.79 Å². The summed E-state index contributed by atoms with van der Waals surface area (Å²) in [6.07, 6.45) is 3.31. The zero-order valence-corrected chi connectivity index (χ0v) is 15.6. The number of rotatable bonds is 5. The molecule has 2 saturated heterocycles. The molecule has 0 bridgehead atoms. The molecule has 2 fully saturated rings. The molecule has 0 aromatic carbocycles. The van der Waals surface area contributed by atoms with Gasteiger partial charge in [0.1, 0.15) is 0 Å². The number of carbonyl (C=O) groups is 1. The van der Waals surface area contributed by atoms with Gasteiger partial charge in [0.05, 0.1) is 0 Å². The van der Waals surface area contributed by atoms with Gasteiger partial charge in [-0.2, -0.15) is 0 Å². The van der Waals surface area contributed by atoms with Crippen LogP contribution in [0.3, 0.4) is 0 Å². The maximum atomic E-state index is 12.1. The van der Waals surface area contributed by atoms with Crippen molar-refractivity contribution in [2.75, 3.05) is 66.5 Å². The van der Waals surface area contributed by atoms with Gasteiger partial charge < -0.3 is 20.0 Å². The summed E-state index contributed by atoms with van der Waals surface area (Å²) >= 11 is 0. The molecule has 0 saturated carbocycles. The summed E-state index contributed by atoms with van der Waals surface area (Å²) in [5, 5.41) is 3.28. The Labute approximate surface area is 147 Å². The summed E-state index contributed by atoms with van der Waals surface area (Å²) in [7, 11) is 4.36. The van der Waals surface area contributed by atoms with E-state index in [2.05, 4.69) is 29.2 Å². The lowest BCUT2D eigenvalue weighted by molar-refractivity contribution is -0.132. The van der Waals surface area contributed by atoms with Crippen LogP contribution in [0.15, 0.2) is 0 Å². The fourth-order valence-corrected chi connectivity index (χ4v) is 3.31. The topological polar surface area (TPSA) is 38.8 Å². The molecule has 22 heavy (non-hydrogen) atoms. The zero-order chi connectivity index (χ0) is 14.4. The minimum absolute atomic E-state index is 0. The molecule has 5 nitrogen and oxygen atoms in total. The van der Waals surface area contributed by atoms with Crippen molar-refractivity contribution in [1.82, 2.24) is 20.0 Å². The van der Waals surface area contributed by atoms with Crippen LogP contribution in [0, 0.1) is 5.92 Å². The number of hydrogen-bond acceptors (Lipinski definition) is 4.